The zero-order valence-electron chi connectivity index (χ0n) is 35.0. The van der Waals surface area contributed by atoms with Gasteiger partial charge in [-0.1, -0.05) is 121 Å². The molecule has 4 heterocycles. The van der Waals surface area contributed by atoms with E-state index in [1.807, 2.05) is 85.5 Å². The molecule has 5 nitrogen and oxygen atoms in total. The minimum Gasteiger partial charge on any atom is -0.308 e. The maximum absolute atomic E-state index is 5.04. The molecule has 0 saturated heterocycles. The number of rotatable bonds is 13. The summed E-state index contributed by atoms with van der Waals surface area (Å²) >= 11 is 0. The maximum atomic E-state index is 5.04. The van der Waals surface area contributed by atoms with Gasteiger partial charge >= 0.3 is 20.1 Å². The van der Waals surface area contributed by atoms with Crippen molar-refractivity contribution in [1.82, 2.24) is 24.5 Å². The van der Waals surface area contributed by atoms with Crippen molar-refractivity contribution in [2.75, 3.05) is 0 Å². The normalized spacial score (nSPS) is 10.9. The van der Waals surface area contributed by atoms with E-state index >= 15 is 0 Å². The molecule has 0 unspecified atom stereocenters. The van der Waals surface area contributed by atoms with Crippen molar-refractivity contribution in [3.05, 3.63) is 247 Å². The molecular weight excluding hydrogens is 959 g/mol. The van der Waals surface area contributed by atoms with Crippen LogP contribution in [0.2, 0.25) is 0 Å². The summed E-state index contributed by atoms with van der Waals surface area (Å²) in [7, 11) is 0. The SMILES string of the molecule is [Ir+3].[c-]1cc(CCc2cc(CCc3c[c-]c(-c4ccccn4)cc3)cc(-n3ccnc3-c3c[c-]c(-c4ccccn4)cc3-c3ccc(-c4ccccc4)cc3)c2)ccc1-c1ccccn1. The van der Waals surface area contributed by atoms with Gasteiger partial charge in [0.15, 0.2) is 0 Å². The number of aryl methyl sites for hydroxylation is 4. The first-order chi connectivity index (χ1) is 31.2. The summed E-state index contributed by atoms with van der Waals surface area (Å²) in [5.41, 5.74) is 17.2. The van der Waals surface area contributed by atoms with Gasteiger partial charge in [-0.05, 0) is 88.1 Å². The third-order valence-electron chi connectivity index (χ3n) is 11.4. The van der Waals surface area contributed by atoms with E-state index in [4.69, 9.17) is 4.98 Å². The average Bonchev–Trinajstić information content (AvgIpc) is 3.87. The molecule has 6 aromatic carbocycles. The standard InChI is InChI=1S/C58H42N5.Ir/c1-2-10-46(11-3-1)47-27-29-48(30-28-47)54-41-51(57-14-6-9-35-61-57)31-32-53(54)58-62-36-37-63(58)52-39-44(17-15-42-19-23-49(24-20-42)55-12-4-7-33-59-55)38-45(40-52)18-16-43-21-25-50(26-22-43)56-13-5-8-34-60-56;/h1-14,19-23,25,27-30,32-41H,15-18H2;/q-3;+3. The van der Waals surface area contributed by atoms with Crippen LogP contribution in [-0.2, 0) is 45.8 Å². The van der Waals surface area contributed by atoms with E-state index in [1.54, 1.807) is 0 Å². The molecule has 4 aromatic heterocycles. The molecule has 0 N–H and O–H groups in total. The van der Waals surface area contributed by atoms with Gasteiger partial charge in [0.1, 0.15) is 5.82 Å². The third kappa shape index (κ3) is 9.65. The van der Waals surface area contributed by atoms with Crippen molar-refractivity contribution in [3.8, 4) is 73.1 Å². The first kappa shape index (κ1) is 42.0. The van der Waals surface area contributed by atoms with Gasteiger partial charge in [0.25, 0.3) is 0 Å². The van der Waals surface area contributed by atoms with Crippen LogP contribution in [0.15, 0.2) is 207 Å². The largest absolute Gasteiger partial charge is 3.00 e. The smallest absolute Gasteiger partial charge is 0.308 e. The Morgan fingerprint density at radius 2 is 0.875 bits per heavy atom. The van der Waals surface area contributed by atoms with E-state index in [0.717, 1.165) is 87.7 Å². The topological polar surface area (TPSA) is 56.5 Å². The molecule has 0 aliphatic rings. The fourth-order valence-electron chi connectivity index (χ4n) is 8.11. The van der Waals surface area contributed by atoms with E-state index in [-0.39, 0.29) is 20.1 Å². The van der Waals surface area contributed by atoms with E-state index < -0.39 is 0 Å². The van der Waals surface area contributed by atoms with Crippen LogP contribution in [0.1, 0.15) is 22.3 Å². The summed E-state index contributed by atoms with van der Waals surface area (Å²) in [6, 6.07) is 71.8. The Hall–Kier alpha value is -7.37. The van der Waals surface area contributed by atoms with Crippen LogP contribution in [0.5, 0.6) is 0 Å². The molecule has 0 aliphatic heterocycles. The van der Waals surface area contributed by atoms with Crippen molar-refractivity contribution in [2.24, 2.45) is 0 Å². The van der Waals surface area contributed by atoms with Crippen LogP contribution in [0.4, 0.5) is 0 Å². The summed E-state index contributed by atoms with van der Waals surface area (Å²) in [5.74, 6) is 0.850. The van der Waals surface area contributed by atoms with Gasteiger partial charge in [0, 0.05) is 36.7 Å². The molecule has 0 atom stereocenters. The van der Waals surface area contributed by atoms with Gasteiger partial charge in [-0.3, -0.25) is 0 Å². The number of hydrogen-bond donors (Lipinski definition) is 0. The van der Waals surface area contributed by atoms with Crippen molar-refractivity contribution >= 4 is 0 Å². The number of imidazole rings is 1. The minimum atomic E-state index is 0. The number of hydrogen-bond acceptors (Lipinski definition) is 4. The molecule has 0 bridgehead atoms. The molecule has 0 saturated carbocycles. The van der Waals surface area contributed by atoms with E-state index in [1.165, 1.54) is 33.4 Å². The van der Waals surface area contributed by atoms with Crippen molar-refractivity contribution in [1.29, 1.82) is 0 Å². The second kappa shape index (κ2) is 19.8. The molecule has 308 valence electrons. The van der Waals surface area contributed by atoms with Gasteiger partial charge in [0.2, 0.25) is 0 Å². The molecule has 10 rings (SSSR count). The van der Waals surface area contributed by atoms with Gasteiger partial charge < -0.3 is 19.5 Å². The molecule has 0 fully saturated rings. The number of nitrogens with zero attached hydrogens (tertiary/aromatic N) is 5. The molecule has 0 amide bonds. The van der Waals surface area contributed by atoms with Crippen LogP contribution >= 0.6 is 0 Å². The summed E-state index contributed by atoms with van der Waals surface area (Å²) < 4.78 is 2.23. The molecular formula is C58H42IrN5. The zero-order valence-corrected chi connectivity index (χ0v) is 37.4. The monoisotopic (exact) mass is 1000 g/mol. The summed E-state index contributed by atoms with van der Waals surface area (Å²) in [6.07, 6.45) is 13.0. The van der Waals surface area contributed by atoms with Crippen LogP contribution in [-0.4, -0.2) is 24.5 Å². The predicted molar refractivity (Wildman–Crippen MR) is 254 cm³/mol. The Labute approximate surface area is 388 Å². The summed E-state index contributed by atoms with van der Waals surface area (Å²) in [6.45, 7) is 0. The number of benzene rings is 6. The maximum Gasteiger partial charge on any atom is 3.00 e. The van der Waals surface area contributed by atoms with Gasteiger partial charge in [-0.25, -0.2) is 4.98 Å². The minimum absolute atomic E-state index is 0. The van der Waals surface area contributed by atoms with Gasteiger partial charge in [-0.2, -0.15) is 0 Å². The Morgan fingerprint density at radius 3 is 1.41 bits per heavy atom. The van der Waals surface area contributed by atoms with Crippen LogP contribution in [0.25, 0.3) is 73.1 Å². The Morgan fingerprint density at radius 1 is 0.375 bits per heavy atom. The summed E-state index contributed by atoms with van der Waals surface area (Å²) in [4.78, 5) is 18.7. The first-order valence-corrected chi connectivity index (χ1v) is 21.3. The van der Waals surface area contributed by atoms with Crippen molar-refractivity contribution in [2.45, 2.75) is 25.7 Å². The van der Waals surface area contributed by atoms with Crippen molar-refractivity contribution in [3.63, 3.8) is 0 Å². The number of pyridine rings is 3. The zero-order chi connectivity index (χ0) is 42.2. The summed E-state index contributed by atoms with van der Waals surface area (Å²) in [5, 5.41) is 0. The van der Waals surface area contributed by atoms with E-state index in [0.29, 0.717) is 0 Å². The van der Waals surface area contributed by atoms with E-state index in [2.05, 4.69) is 159 Å². The Balaban J connectivity index is 0.00000518. The van der Waals surface area contributed by atoms with Crippen LogP contribution < -0.4 is 0 Å². The van der Waals surface area contributed by atoms with Crippen molar-refractivity contribution < 1.29 is 20.1 Å². The second-order valence-corrected chi connectivity index (χ2v) is 15.6. The molecule has 6 heteroatoms. The fourth-order valence-corrected chi connectivity index (χ4v) is 8.11. The van der Waals surface area contributed by atoms with Gasteiger partial charge in [-0.15, -0.1) is 94.5 Å². The quantitative estimate of drug-likeness (QED) is 0.108. The predicted octanol–water partition coefficient (Wildman–Crippen LogP) is 13.0. The number of aromatic nitrogens is 5. The fraction of sp³-hybridized carbons (Fsp3) is 0.0690. The third-order valence-corrected chi connectivity index (χ3v) is 11.4. The molecule has 0 radical (unpaired) electrons. The van der Waals surface area contributed by atoms with E-state index in [9.17, 15) is 0 Å². The average molecular weight is 1000 g/mol. The Bertz CT molecular complexity index is 2960. The van der Waals surface area contributed by atoms with Crippen LogP contribution in [0, 0.1) is 18.2 Å². The first-order valence-electron chi connectivity index (χ1n) is 21.3. The van der Waals surface area contributed by atoms with Gasteiger partial charge in [0.05, 0.1) is 0 Å². The molecule has 0 spiro atoms. The Kier molecular flexibility index (Phi) is 13.0. The molecule has 0 aliphatic carbocycles. The van der Waals surface area contributed by atoms with Crippen LogP contribution in [0.3, 0.4) is 0 Å². The molecule has 64 heavy (non-hydrogen) atoms. The molecule has 10 aromatic rings. The second-order valence-electron chi connectivity index (χ2n) is 15.6.